The fourth-order valence-corrected chi connectivity index (χ4v) is 4.62. The van der Waals surface area contributed by atoms with Crippen molar-refractivity contribution in [2.24, 2.45) is 0 Å². The lowest BCUT2D eigenvalue weighted by Crippen LogP contribution is -2.30. The van der Waals surface area contributed by atoms with Crippen molar-refractivity contribution in [3.8, 4) is 11.3 Å². The minimum atomic E-state index is -1.08. The van der Waals surface area contributed by atoms with Crippen LogP contribution >= 0.6 is 0 Å². The standard InChI is InChI=1S/C31H29FN4O3/c1-31(2,3)35-29-27(22-11-10-19-7-4-5-8-21(19)17-22)34-28-24(9-6-16-36(28)29)30(39)33-25(18-26(37)38)20-12-14-23(32)15-13-20/h4-17,25,35H,18H2,1-3H3,(H,33,39)(H,37,38). The summed E-state index contributed by atoms with van der Waals surface area (Å²) in [6.45, 7) is 6.14. The monoisotopic (exact) mass is 524 g/mol. The molecule has 0 aliphatic rings. The quantitative estimate of drug-likeness (QED) is 0.227. The lowest BCUT2D eigenvalue weighted by molar-refractivity contribution is -0.137. The van der Waals surface area contributed by atoms with Crippen LogP contribution in [0.1, 0.15) is 49.2 Å². The third-order valence-corrected chi connectivity index (χ3v) is 6.37. The van der Waals surface area contributed by atoms with Crippen molar-refractivity contribution in [3.63, 3.8) is 0 Å². The van der Waals surface area contributed by atoms with E-state index in [0.29, 0.717) is 22.5 Å². The minimum absolute atomic E-state index is 0.291. The number of carbonyl (C=O) groups excluding carboxylic acids is 1. The normalized spacial score (nSPS) is 12.4. The molecule has 8 heteroatoms. The number of hydrogen-bond donors (Lipinski definition) is 3. The zero-order chi connectivity index (χ0) is 27.7. The number of nitrogens with zero attached hydrogens (tertiary/aromatic N) is 2. The lowest BCUT2D eigenvalue weighted by atomic mass is 10.0. The number of carboxylic acid groups (broad SMARTS) is 1. The Morgan fingerprint density at radius 1 is 0.974 bits per heavy atom. The second-order valence-electron chi connectivity index (χ2n) is 10.5. The molecule has 0 aliphatic heterocycles. The number of nitrogens with one attached hydrogen (secondary N) is 2. The van der Waals surface area contributed by atoms with Gasteiger partial charge >= 0.3 is 5.97 Å². The summed E-state index contributed by atoms with van der Waals surface area (Å²) in [4.78, 5) is 30.0. The topological polar surface area (TPSA) is 95.7 Å². The molecule has 1 atom stereocenters. The molecular formula is C31H29FN4O3. The van der Waals surface area contributed by atoms with Gasteiger partial charge in [-0.05, 0) is 67.4 Å². The Morgan fingerprint density at radius 2 is 1.69 bits per heavy atom. The van der Waals surface area contributed by atoms with E-state index in [0.717, 1.165) is 22.2 Å². The maximum atomic E-state index is 13.6. The highest BCUT2D eigenvalue weighted by Crippen LogP contribution is 2.33. The molecule has 0 fully saturated rings. The number of rotatable bonds is 7. The second-order valence-corrected chi connectivity index (χ2v) is 10.5. The maximum absolute atomic E-state index is 13.6. The number of benzene rings is 3. The van der Waals surface area contributed by atoms with Crippen LogP contribution in [0.4, 0.5) is 10.2 Å². The van der Waals surface area contributed by atoms with Crippen LogP contribution in [-0.2, 0) is 4.79 Å². The van der Waals surface area contributed by atoms with Crippen LogP contribution in [0, 0.1) is 5.82 Å². The van der Waals surface area contributed by atoms with Crippen molar-refractivity contribution in [1.82, 2.24) is 14.7 Å². The van der Waals surface area contributed by atoms with Gasteiger partial charge in [0.1, 0.15) is 17.3 Å². The lowest BCUT2D eigenvalue weighted by Gasteiger charge is -2.23. The first kappa shape index (κ1) is 25.9. The van der Waals surface area contributed by atoms with Gasteiger partial charge in [0.25, 0.3) is 5.91 Å². The van der Waals surface area contributed by atoms with Crippen LogP contribution in [0.5, 0.6) is 0 Å². The molecule has 3 N–H and O–H groups in total. The Labute approximate surface area is 225 Å². The summed E-state index contributed by atoms with van der Waals surface area (Å²) in [6, 6.07) is 22.2. The van der Waals surface area contributed by atoms with Crippen molar-refractivity contribution >= 4 is 34.1 Å². The van der Waals surface area contributed by atoms with Gasteiger partial charge in [0.2, 0.25) is 0 Å². The van der Waals surface area contributed by atoms with Gasteiger partial charge in [-0.15, -0.1) is 0 Å². The summed E-state index contributed by atoms with van der Waals surface area (Å²) < 4.78 is 15.3. The van der Waals surface area contributed by atoms with E-state index < -0.39 is 23.7 Å². The zero-order valence-electron chi connectivity index (χ0n) is 21.9. The van der Waals surface area contributed by atoms with Gasteiger partial charge in [-0.1, -0.05) is 48.5 Å². The van der Waals surface area contributed by atoms with Gasteiger partial charge in [0.05, 0.1) is 18.0 Å². The first-order chi connectivity index (χ1) is 18.6. The second kappa shape index (κ2) is 10.2. The van der Waals surface area contributed by atoms with Crippen LogP contribution in [0.15, 0.2) is 85.1 Å². The van der Waals surface area contributed by atoms with Crippen LogP contribution in [0.25, 0.3) is 27.7 Å². The first-order valence-electron chi connectivity index (χ1n) is 12.7. The summed E-state index contributed by atoms with van der Waals surface area (Å²) in [7, 11) is 0. The summed E-state index contributed by atoms with van der Waals surface area (Å²) in [5.41, 5.74) is 2.50. The molecule has 0 spiro atoms. The molecular weight excluding hydrogens is 495 g/mol. The van der Waals surface area contributed by atoms with Crippen LogP contribution in [0.3, 0.4) is 0 Å². The molecule has 3 aromatic carbocycles. The van der Waals surface area contributed by atoms with E-state index >= 15 is 0 Å². The molecule has 1 unspecified atom stereocenters. The highest BCUT2D eigenvalue weighted by Gasteiger charge is 2.25. The summed E-state index contributed by atoms with van der Waals surface area (Å²) in [5.74, 6) is -1.27. The molecule has 7 nitrogen and oxygen atoms in total. The van der Waals surface area contributed by atoms with E-state index in [1.807, 2.05) is 67.8 Å². The molecule has 0 aliphatic carbocycles. The summed E-state index contributed by atoms with van der Waals surface area (Å²) in [5, 5.41) is 18.0. The van der Waals surface area contributed by atoms with E-state index in [-0.39, 0.29) is 12.0 Å². The fourth-order valence-electron chi connectivity index (χ4n) is 4.62. The van der Waals surface area contributed by atoms with E-state index in [4.69, 9.17) is 4.98 Å². The Kier molecular flexibility index (Phi) is 6.78. The number of hydrogen-bond acceptors (Lipinski definition) is 4. The molecule has 39 heavy (non-hydrogen) atoms. The number of fused-ring (bicyclic) bond motifs is 2. The van der Waals surface area contributed by atoms with Crippen molar-refractivity contribution in [3.05, 3.63) is 102 Å². The predicted molar refractivity (Wildman–Crippen MR) is 150 cm³/mol. The first-order valence-corrected chi connectivity index (χ1v) is 12.7. The van der Waals surface area contributed by atoms with Crippen molar-refractivity contribution in [1.29, 1.82) is 0 Å². The van der Waals surface area contributed by atoms with Crippen LogP contribution in [0.2, 0.25) is 0 Å². The predicted octanol–water partition coefficient (Wildman–Crippen LogP) is 6.45. The number of pyridine rings is 1. The van der Waals surface area contributed by atoms with E-state index in [2.05, 4.69) is 16.7 Å². The van der Waals surface area contributed by atoms with Crippen molar-refractivity contribution in [2.45, 2.75) is 38.8 Å². The summed E-state index contributed by atoms with van der Waals surface area (Å²) >= 11 is 0. The highest BCUT2D eigenvalue weighted by atomic mass is 19.1. The largest absolute Gasteiger partial charge is 0.481 e. The fraction of sp³-hybridized carbons (Fsp3) is 0.194. The average molecular weight is 525 g/mol. The molecule has 0 saturated carbocycles. The number of halogens is 1. The van der Waals surface area contributed by atoms with Crippen molar-refractivity contribution < 1.29 is 19.1 Å². The molecule has 5 aromatic rings. The molecule has 5 rings (SSSR count). The number of amides is 1. The number of anilines is 1. The molecule has 1 amide bonds. The Morgan fingerprint density at radius 3 is 2.38 bits per heavy atom. The number of carbonyl (C=O) groups is 2. The van der Waals surface area contributed by atoms with E-state index in [1.165, 1.54) is 24.3 Å². The van der Waals surface area contributed by atoms with Crippen LogP contribution in [-0.4, -0.2) is 31.9 Å². The molecule has 0 radical (unpaired) electrons. The van der Waals surface area contributed by atoms with Gasteiger partial charge < -0.3 is 15.7 Å². The molecule has 0 saturated heterocycles. The third-order valence-electron chi connectivity index (χ3n) is 6.37. The van der Waals surface area contributed by atoms with Crippen LogP contribution < -0.4 is 10.6 Å². The molecule has 198 valence electrons. The van der Waals surface area contributed by atoms with Gasteiger partial charge in [0, 0.05) is 17.3 Å². The van der Waals surface area contributed by atoms with Gasteiger partial charge in [-0.3, -0.25) is 14.0 Å². The number of imidazole rings is 1. The Hall–Kier alpha value is -4.72. The zero-order valence-corrected chi connectivity index (χ0v) is 21.9. The maximum Gasteiger partial charge on any atom is 0.305 e. The van der Waals surface area contributed by atoms with E-state index in [1.54, 1.807) is 12.1 Å². The van der Waals surface area contributed by atoms with Gasteiger partial charge in [-0.2, -0.15) is 0 Å². The van der Waals surface area contributed by atoms with Gasteiger partial charge in [0.15, 0.2) is 5.65 Å². The number of aromatic nitrogens is 2. The van der Waals surface area contributed by atoms with Gasteiger partial charge in [-0.25, -0.2) is 9.37 Å². The third kappa shape index (κ3) is 5.60. The highest BCUT2D eigenvalue weighted by molar-refractivity contribution is 6.01. The molecule has 2 heterocycles. The SMILES string of the molecule is CC(C)(C)Nc1c(-c2ccc3ccccc3c2)nc2c(C(=O)NC(CC(=O)O)c3ccc(F)cc3)cccn12. The Balaban J connectivity index is 1.60. The molecule has 2 aromatic heterocycles. The molecule has 0 bridgehead atoms. The number of aliphatic carboxylic acids is 1. The number of carboxylic acids is 1. The Bertz CT molecular complexity index is 1690. The summed E-state index contributed by atoms with van der Waals surface area (Å²) in [6.07, 6.45) is 1.49. The van der Waals surface area contributed by atoms with E-state index in [9.17, 15) is 19.1 Å². The smallest absolute Gasteiger partial charge is 0.305 e. The minimum Gasteiger partial charge on any atom is -0.481 e. The average Bonchev–Trinajstić information content (AvgIpc) is 3.25. The van der Waals surface area contributed by atoms with Crippen molar-refractivity contribution in [2.75, 3.05) is 5.32 Å².